The van der Waals surface area contributed by atoms with Gasteiger partial charge in [-0.3, -0.25) is 14.4 Å². The number of hydrogen-bond acceptors (Lipinski definition) is 6. The molecule has 0 bridgehead atoms. The van der Waals surface area contributed by atoms with Crippen LogP contribution in [0.5, 0.6) is 0 Å². The molecule has 194 valence electrons. The van der Waals surface area contributed by atoms with Gasteiger partial charge in [0.2, 0.25) is 5.76 Å². The molecule has 3 amide bonds. The molecular formula is C24H21F3N4O6. The van der Waals surface area contributed by atoms with Crippen LogP contribution in [-0.2, 0) is 20.6 Å². The minimum atomic E-state index is -4.60. The van der Waals surface area contributed by atoms with Gasteiger partial charge in [-0.25, -0.2) is 4.79 Å². The first-order valence-corrected chi connectivity index (χ1v) is 10.8. The fraction of sp³-hybridized carbons (Fsp3) is 0.208. The van der Waals surface area contributed by atoms with Crippen LogP contribution in [0.4, 0.5) is 24.5 Å². The second-order valence-corrected chi connectivity index (χ2v) is 8.17. The molecule has 0 radical (unpaired) electrons. The minimum absolute atomic E-state index is 0.195. The number of nitrogens with one attached hydrogen (secondary N) is 3. The van der Waals surface area contributed by atoms with Gasteiger partial charge < -0.3 is 25.6 Å². The Morgan fingerprint density at radius 3 is 2.11 bits per heavy atom. The summed E-state index contributed by atoms with van der Waals surface area (Å²) in [7, 11) is 0. The van der Waals surface area contributed by atoms with Crippen molar-refractivity contribution >= 4 is 35.1 Å². The molecule has 3 aromatic rings. The summed E-state index contributed by atoms with van der Waals surface area (Å²) in [6, 6.07) is 9.92. The molecule has 13 heteroatoms. The lowest BCUT2D eigenvalue weighted by atomic mass is 10.0. The van der Waals surface area contributed by atoms with Crippen LogP contribution in [0.3, 0.4) is 0 Å². The SMILES string of the molecule is CC(C)[C@H](NC(=O)c1cc(-c2ccc(NC(=O)C(=O)Nc3cccc(C(F)(F)F)c3)cc2)no1)C(=O)O. The minimum Gasteiger partial charge on any atom is -0.480 e. The van der Waals surface area contributed by atoms with Crippen LogP contribution in [-0.4, -0.2) is 40.0 Å². The molecular weight excluding hydrogens is 497 g/mol. The number of carbonyl (C=O) groups is 4. The molecule has 10 nitrogen and oxygen atoms in total. The third-order valence-corrected chi connectivity index (χ3v) is 5.05. The van der Waals surface area contributed by atoms with Gasteiger partial charge in [0.05, 0.1) is 5.56 Å². The number of aliphatic carboxylic acids is 1. The van der Waals surface area contributed by atoms with E-state index in [1.54, 1.807) is 13.8 Å². The molecule has 0 aliphatic carbocycles. The molecule has 0 aliphatic heterocycles. The van der Waals surface area contributed by atoms with Crippen molar-refractivity contribution in [2.45, 2.75) is 26.1 Å². The molecule has 1 aromatic heterocycles. The number of halogens is 3. The Morgan fingerprint density at radius 1 is 0.919 bits per heavy atom. The van der Waals surface area contributed by atoms with Gasteiger partial charge in [0.15, 0.2) is 0 Å². The molecule has 3 rings (SSSR count). The predicted molar refractivity (Wildman–Crippen MR) is 124 cm³/mol. The van der Waals surface area contributed by atoms with E-state index in [2.05, 4.69) is 21.1 Å². The average Bonchev–Trinajstić information content (AvgIpc) is 3.32. The van der Waals surface area contributed by atoms with Crippen molar-refractivity contribution in [2.24, 2.45) is 5.92 Å². The van der Waals surface area contributed by atoms with Gasteiger partial charge in [0.25, 0.3) is 5.91 Å². The smallest absolute Gasteiger partial charge is 0.416 e. The number of amides is 3. The van der Waals surface area contributed by atoms with E-state index >= 15 is 0 Å². The molecule has 4 N–H and O–H groups in total. The molecule has 1 atom stereocenters. The topological polar surface area (TPSA) is 151 Å². The van der Waals surface area contributed by atoms with E-state index in [0.717, 1.165) is 12.1 Å². The van der Waals surface area contributed by atoms with E-state index in [4.69, 9.17) is 4.52 Å². The van der Waals surface area contributed by atoms with Crippen molar-refractivity contribution in [1.29, 1.82) is 0 Å². The standard InChI is InChI=1S/C24H21F3N4O6/c1-12(2)19(23(35)36)30-20(32)18-11-17(31-37-18)13-6-8-15(9-7-13)28-21(33)22(34)29-16-5-3-4-14(10-16)24(25,26)27/h3-12,19H,1-2H3,(H,28,33)(H,29,34)(H,30,32)(H,35,36)/t19-/m0/s1. The molecule has 0 spiro atoms. The van der Waals surface area contributed by atoms with Gasteiger partial charge >= 0.3 is 24.0 Å². The molecule has 37 heavy (non-hydrogen) atoms. The Bertz CT molecular complexity index is 1320. The van der Waals surface area contributed by atoms with Crippen LogP contribution in [0.1, 0.15) is 30.0 Å². The van der Waals surface area contributed by atoms with Gasteiger partial charge in [-0.05, 0) is 36.2 Å². The van der Waals surface area contributed by atoms with E-state index < -0.39 is 41.5 Å². The lowest BCUT2D eigenvalue weighted by Crippen LogP contribution is -2.44. The number of carboxylic acid groups (broad SMARTS) is 1. The monoisotopic (exact) mass is 518 g/mol. The van der Waals surface area contributed by atoms with Crippen LogP contribution >= 0.6 is 0 Å². The lowest BCUT2D eigenvalue weighted by Gasteiger charge is -2.16. The highest BCUT2D eigenvalue weighted by Gasteiger charge is 2.30. The molecule has 0 unspecified atom stereocenters. The number of aromatic nitrogens is 1. The van der Waals surface area contributed by atoms with Gasteiger partial charge in [-0.1, -0.05) is 37.2 Å². The Hall–Kier alpha value is -4.68. The van der Waals surface area contributed by atoms with Crippen LogP contribution in [0.15, 0.2) is 59.1 Å². The Labute approximate surface area is 207 Å². The van der Waals surface area contributed by atoms with Crippen molar-refractivity contribution in [3.8, 4) is 11.3 Å². The second kappa shape index (κ2) is 10.9. The van der Waals surface area contributed by atoms with E-state index in [-0.39, 0.29) is 28.7 Å². The Kier molecular flexibility index (Phi) is 7.95. The first-order chi connectivity index (χ1) is 17.3. The van der Waals surface area contributed by atoms with Crippen molar-refractivity contribution < 1.29 is 42.0 Å². The Morgan fingerprint density at radius 2 is 1.54 bits per heavy atom. The highest BCUT2D eigenvalue weighted by Crippen LogP contribution is 2.30. The van der Waals surface area contributed by atoms with E-state index in [1.165, 1.54) is 36.4 Å². The maximum Gasteiger partial charge on any atom is 0.416 e. The summed E-state index contributed by atoms with van der Waals surface area (Å²) in [6.07, 6.45) is -4.60. The average molecular weight is 518 g/mol. The highest BCUT2D eigenvalue weighted by atomic mass is 19.4. The number of benzene rings is 2. The molecule has 1 heterocycles. The third kappa shape index (κ3) is 6.93. The maximum absolute atomic E-state index is 12.8. The zero-order valence-electron chi connectivity index (χ0n) is 19.4. The zero-order chi connectivity index (χ0) is 27.3. The third-order valence-electron chi connectivity index (χ3n) is 5.05. The molecule has 0 aliphatic rings. The van der Waals surface area contributed by atoms with Gasteiger partial charge in [0, 0.05) is 23.0 Å². The number of hydrogen-bond donors (Lipinski definition) is 4. The zero-order valence-corrected chi connectivity index (χ0v) is 19.4. The van der Waals surface area contributed by atoms with Crippen molar-refractivity contribution in [2.75, 3.05) is 10.6 Å². The number of anilines is 2. The maximum atomic E-state index is 12.8. The number of carboxylic acids is 1. The molecule has 0 saturated heterocycles. The molecule has 0 saturated carbocycles. The summed E-state index contributed by atoms with van der Waals surface area (Å²) in [5.74, 6) is -4.79. The first-order valence-electron chi connectivity index (χ1n) is 10.8. The summed E-state index contributed by atoms with van der Waals surface area (Å²) in [5, 5.41) is 19.8. The van der Waals surface area contributed by atoms with Crippen molar-refractivity contribution in [1.82, 2.24) is 10.5 Å². The summed E-state index contributed by atoms with van der Waals surface area (Å²) >= 11 is 0. The van der Waals surface area contributed by atoms with Crippen molar-refractivity contribution in [3.05, 3.63) is 65.9 Å². The Balaban J connectivity index is 1.62. The summed E-state index contributed by atoms with van der Waals surface area (Å²) in [6.45, 7) is 3.28. The van der Waals surface area contributed by atoms with Gasteiger partial charge in [0.1, 0.15) is 11.7 Å². The summed E-state index contributed by atoms with van der Waals surface area (Å²) < 4.78 is 43.4. The number of alkyl halides is 3. The number of nitrogens with zero attached hydrogens (tertiary/aromatic N) is 1. The lowest BCUT2D eigenvalue weighted by molar-refractivity contribution is -0.140. The quantitative estimate of drug-likeness (QED) is 0.348. The first kappa shape index (κ1) is 26.9. The van der Waals surface area contributed by atoms with E-state index in [1.807, 2.05) is 0 Å². The van der Waals surface area contributed by atoms with E-state index in [0.29, 0.717) is 11.6 Å². The fourth-order valence-corrected chi connectivity index (χ4v) is 3.12. The van der Waals surface area contributed by atoms with Crippen LogP contribution in [0, 0.1) is 5.92 Å². The summed E-state index contributed by atoms with van der Waals surface area (Å²) in [5.41, 5.74) is -0.235. The normalized spacial score (nSPS) is 12.1. The summed E-state index contributed by atoms with van der Waals surface area (Å²) in [4.78, 5) is 47.8. The molecule has 0 fully saturated rings. The fourth-order valence-electron chi connectivity index (χ4n) is 3.12. The second-order valence-electron chi connectivity index (χ2n) is 8.17. The van der Waals surface area contributed by atoms with Gasteiger partial charge in [-0.2, -0.15) is 13.2 Å². The van der Waals surface area contributed by atoms with Crippen LogP contribution < -0.4 is 16.0 Å². The largest absolute Gasteiger partial charge is 0.480 e. The van der Waals surface area contributed by atoms with Gasteiger partial charge in [-0.15, -0.1) is 0 Å². The number of rotatable bonds is 7. The predicted octanol–water partition coefficient (Wildman–Crippen LogP) is 3.78. The number of carbonyl (C=O) groups excluding carboxylic acids is 3. The van der Waals surface area contributed by atoms with Crippen LogP contribution in [0.2, 0.25) is 0 Å². The van der Waals surface area contributed by atoms with E-state index in [9.17, 15) is 37.5 Å². The molecule has 2 aromatic carbocycles. The highest BCUT2D eigenvalue weighted by molar-refractivity contribution is 6.43. The van der Waals surface area contributed by atoms with Crippen LogP contribution in [0.25, 0.3) is 11.3 Å². The van der Waals surface area contributed by atoms with Crippen molar-refractivity contribution in [3.63, 3.8) is 0 Å².